The molecule has 0 saturated heterocycles. The Morgan fingerprint density at radius 1 is 1.22 bits per heavy atom. The molecule has 2 amide bonds. The number of hydrogen-bond acceptors (Lipinski definition) is 4. The summed E-state index contributed by atoms with van der Waals surface area (Å²) < 4.78 is 51.6. The first kappa shape index (κ1) is 17.3. The van der Waals surface area contributed by atoms with Crippen LogP contribution in [0.3, 0.4) is 0 Å². The van der Waals surface area contributed by atoms with Gasteiger partial charge < -0.3 is 5.32 Å². The summed E-state index contributed by atoms with van der Waals surface area (Å²) in [5.74, 6) is -3.94. The highest BCUT2D eigenvalue weighted by molar-refractivity contribution is 7.90. The van der Waals surface area contributed by atoms with E-state index in [0.717, 1.165) is 25.3 Å². The van der Waals surface area contributed by atoms with Crippen LogP contribution in [0, 0.1) is 17.6 Å². The lowest BCUT2D eigenvalue weighted by molar-refractivity contribution is -0.131. The zero-order chi connectivity index (χ0) is 17.2. The van der Waals surface area contributed by atoms with Crippen LogP contribution in [-0.4, -0.2) is 26.3 Å². The van der Waals surface area contributed by atoms with E-state index < -0.39 is 38.5 Å². The molecule has 9 heteroatoms. The fourth-order valence-corrected chi connectivity index (χ4v) is 3.06. The third kappa shape index (κ3) is 4.04. The molecule has 23 heavy (non-hydrogen) atoms. The first-order valence-corrected chi connectivity index (χ1v) is 8.51. The van der Waals surface area contributed by atoms with Gasteiger partial charge in [0.1, 0.15) is 6.04 Å². The van der Waals surface area contributed by atoms with Crippen molar-refractivity contribution in [1.82, 2.24) is 10.0 Å². The molecule has 0 heterocycles. The van der Waals surface area contributed by atoms with Crippen LogP contribution >= 0.6 is 0 Å². The van der Waals surface area contributed by atoms with Gasteiger partial charge in [0, 0.05) is 5.92 Å². The van der Waals surface area contributed by atoms with Crippen LogP contribution < -0.4 is 10.0 Å². The zero-order valence-corrected chi connectivity index (χ0v) is 13.1. The van der Waals surface area contributed by atoms with Gasteiger partial charge in [0.25, 0.3) is 15.9 Å². The first-order chi connectivity index (χ1) is 10.7. The standard InChI is InChI=1S/C14H16F2N2O4S/c1-8(17-14(20)9-3-2-4-9)13(19)18-23(21,22)10-5-6-11(15)12(16)7-10/h5-9H,2-4H2,1H3,(H,17,20)(H,18,19)/t8-/m0/s1. The Kier molecular flexibility index (Phi) is 4.98. The van der Waals surface area contributed by atoms with Crippen LogP contribution in [0.1, 0.15) is 26.2 Å². The Morgan fingerprint density at radius 3 is 2.39 bits per heavy atom. The van der Waals surface area contributed by atoms with Crippen LogP contribution in [0.2, 0.25) is 0 Å². The molecule has 1 aliphatic carbocycles. The van der Waals surface area contributed by atoms with Crippen LogP contribution in [0.15, 0.2) is 23.1 Å². The second kappa shape index (κ2) is 6.61. The molecule has 0 bridgehead atoms. The predicted molar refractivity (Wildman–Crippen MR) is 76.6 cm³/mol. The minimum Gasteiger partial charge on any atom is -0.344 e. The summed E-state index contributed by atoms with van der Waals surface area (Å²) in [6.45, 7) is 1.34. The number of sulfonamides is 1. The van der Waals surface area contributed by atoms with Gasteiger partial charge in [-0.2, -0.15) is 0 Å². The van der Waals surface area contributed by atoms with Crippen molar-refractivity contribution in [3.63, 3.8) is 0 Å². The fraction of sp³-hybridized carbons (Fsp3) is 0.429. The minimum absolute atomic E-state index is 0.145. The molecule has 1 saturated carbocycles. The maximum absolute atomic E-state index is 13.1. The molecular formula is C14H16F2N2O4S. The van der Waals surface area contributed by atoms with Crippen molar-refractivity contribution < 1.29 is 26.8 Å². The molecule has 1 aromatic rings. The van der Waals surface area contributed by atoms with Gasteiger partial charge in [-0.25, -0.2) is 21.9 Å². The highest BCUT2D eigenvalue weighted by Crippen LogP contribution is 2.26. The summed E-state index contributed by atoms with van der Waals surface area (Å²) in [6, 6.07) is 0.896. The Bertz CT molecular complexity index is 732. The molecule has 6 nitrogen and oxygen atoms in total. The van der Waals surface area contributed by atoms with E-state index in [2.05, 4.69) is 5.32 Å². The van der Waals surface area contributed by atoms with Crippen molar-refractivity contribution in [2.75, 3.05) is 0 Å². The van der Waals surface area contributed by atoms with Crippen molar-refractivity contribution in [3.8, 4) is 0 Å². The number of hydrogen-bond donors (Lipinski definition) is 2. The van der Waals surface area contributed by atoms with Crippen LogP contribution in [0.5, 0.6) is 0 Å². The van der Waals surface area contributed by atoms with Crippen molar-refractivity contribution in [3.05, 3.63) is 29.8 Å². The highest BCUT2D eigenvalue weighted by Gasteiger charge is 2.29. The molecule has 1 aliphatic rings. The molecule has 0 radical (unpaired) electrons. The van der Waals surface area contributed by atoms with Gasteiger partial charge in [-0.05, 0) is 38.0 Å². The summed E-state index contributed by atoms with van der Waals surface area (Å²) in [6.07, 6.45) is 2.43. The molecule has 0 unspecified atom stereocenters. The number of carbonyl (C=O) groups is 2. The number of benzene rings is 1. The maximum atomic E-state index is 13.1. The van der Waals surface area contributed by atoms with Gasteiger partial charge in [0.2, 0.25) is 5.91 Å². The zero-order valence-electron chi connectivity index (χ0n) is 12.3. The van der Waals surface area contributed by atoms with Gasteiger partial charge in [-0.1, -0.05) is 6.42 Å². The lowest BCUT2D eigenvalue weighted by atomic mass is 9.84. The Labute approximate surface area is 132 Å². The normalized spacial score (nSPS) is 16.3. The average Bonchev–Trinajstić information content (AvgIpc) is 2.39. The van der Waals surface area contributed by atoms with Gasteiger partial charge in [0.05, 0.1) is 4.90 Å². The van der Waals surface area contributed by atoms with Crippen molar-refractivity contribution >= 4 is 21.8 Å². The third-order valence-corrected chi connectivity index (χ3v) is 5.01. The van der Waals surface area contributed by atoms with Crippen molar-refractivity contribution in [2.24, 2.45) is 5.92 Å². The average molecular weight is 346 g/mol. The van der Waals surface area contributed by atoms with Gasteiger partial charge in [-0.15, -0.1) is 0 Å². The van der Waals surface area contributed by atoms with E-state index in [1.165, 1.54) is 6.92 Å². The van der Waals surface area contributed by atoms with E-state index in [4.69, 9.17) is 0 Å². The lowest BCUT2D eigenvalue weighted by Crippen LogP contribution is -2.49. The summed E-state index contributed by atoms with van der Waals surface area (Å²) in [4.78, 5) is 23.0. The van der Waals surface area contributed by atoms with Gasteiger partial charge >= 0.3 is 0 Å². The van der Waals surface area contributed by atoms with Gasteiger partial charge in [-0.3, -0.25) is 9.59 Å². The summed E-state index contributed by atoms with van der Waals surface area (Å²) in [5, 5.41) is 2.43. The molecule has 1 fully saturated rings. The molecule has 126 valence electrons. The molecule has 1 atom stereocenters. The number of nitrogens with one attached hydrogen (secondary N) is 2. The van der Waals surface area contributed by atoms with Gasteiger partial charge in [0.15, 0.2) is 11.6 Å². The molecule has 2 N–H and O–H groups in total. The van der Waals surface area contributed by atoms with E-state index in [9.17, 15) is 26.8 Å². The monoisotopic (exact) mass is 346 g/mol. The number of halogens is 2. The summed E-state index contributed by atoms with van der Waals surface area (Å²) >= 11 is 0. The van der Waals surface area contributed by atoms with E-state index in [-0.39, 0.29) is 11.8 Å². The molecule has 2 rings (SSSR count). The molecule has 1 aromatic carbocycles. The van der Waals surface area contributed by atoms with Crippen molar-refractivity contribution in [1.29, 1.82) is 0 Å². The second-order valence-electron chi connectivity index (χ2n) is 5.40. The summed E-state index contributed by atoms with van der Waals surface area (Å²) in [7, 11) is -4.35. The smallest absolute Gasteiger partial charge is 0.264 e. The predicted octanol–water partition coefficient (Wildman–Crippen LogP) is 1.07. The van der Waals surface area contributed by atoms with Crippen LogP contribution in [0.4, 0.5) is 8.78 Å². The SMILES string of the molecule is C[C@H](NC(=O)C1CCC1)C(=O)NS(=O)(=O)c1ccc(F)c(F)c1. The lowest BCUT2D eigenvalue weighted by Gasteiger charge is -2.25. The van der Waals surface area contributed by atoms with E-state index >= 15 is 0 Å². The third-order valence-electron chi connectivity index (χ3n) is 3.66. The minimum atomic E-state index is -4.35. The Balaban J connectivity index is 2.02. The largest absolute Gasteiger partial charge is 0.344 e. The number of rotatable bonds is 5. The molecule has 0 spiro atoms. The van der Waals surface area contributed by atoms with Crippen molar-refractivity contribution in [2.45, 2.75) is 37.1 Å². The van der Waals surface area contributed by atoms with E-state index in [1.807, 2.05) is 0 Å². The molecule has 0 aliphatic heterocycles. The highest BCUT2D eigenvalue weighted by atomic mass is 32.2. The quantitative estimate of drug-likeness (QED) is 0.834. The first-order valence-electron chi connectivity index (χ1n) is 7.03. The Hall–Kier alpha value is -2.03. The number of amides is 2. The summed E-state index contributed by atoms with van der Waals surface area (Å²) in [5.41, 5.74) is 0. The second-order valence-corrected chi connectivity index (χ2v) is 7.09. The van der Waals surface area contributed by atoms with Crippen LogP contribution in [-0.2, 0) is 19.6 Å². The topological polar surface area (TPSA) is 92.3 Å². The molecular weight excluding hydrogens is 330 g/mol. The number of carbonyl (C=O) groups excluding carboxylic acids is 2. The van der Waals surface area contributed by atoms with E-state index in [1.54, 1.807) is 4.72 Å². The fourth-order valence-electron chi connectivity index (χ4n) is 1.99. The van der Waals surface area contributed by atoms with E-state index in [0.29, 0.717) is 12.1 Å². The molecule has 0 aromatic heterocycles. The maximum Gasteiger partial charge on any atom is 0.264 e. The Morgan fingerprint density at radius 2 is 1.87 bits per heavy atom. The van der Waals surface area contributed by atoms with Crippen LogP contribution in [0.25, 0.3) is 0 Å².